The molecule has 4 nitrogen and oxygen atoms in total. The van der Waals surface area contributed by atoms with Crippen molar-refractivity contribution in [3.8, 4) is 23.7 Å². The average Bonchev–Trinajstić information content (AvgIpc) is 2.99. The highest BCUT2D eigenvalue weighted by atomic mass is 14.8. The number of rotatable bonds is 0. The Hall–Kier alpha value is -5.58. The van der Waals surface area contributed by atoms with Crippen LogP contribution in [0.2, 0.25) is 0 Å². The lowest BCUT2D eigenvalue weighted by atomic mass is 10.0. The third kappa shape index (κ3) is 3.78. The summed E-state index contributed by atoms with van der Waals surface area (Å²) in [5, 5.41) is 1.82. The first-order valence-corrected chi connectivity index (χ1v) is 12.3. The molecule has 0 N–H and O–H groups in total. The molecule has 3 heterocycles. The standard InChI is InChI=1S/C34H18N4/c1-3-9-23(10-4-1)15-17-25-19-20-26(18-16-24-11-5-2-6-12-24)30-29(25)37-33-27-13-7-21-35-31(27)32-28(34(33)38-30)14-8-22-36-32/h1-14,19-22H. The second-order valence-corrected chi connectivity index (χ2v) is 8.81. The van der Waals surface area contributed by atoms with Gasteiger partial charge in [-0.25, -0.2) is 9.97 Å². The second-order valence-electron chi connectivity index (χ2n) is 8.81. The van der Waals surface area contributed by atoms with Crippen LogP contribution >= 0.6 is 0 Å². The fourth-order valence-electron chi connectivity index (χ4n) is 4.60. The van der Waals surface area contributed by atoms with Crippen LogP contribution in [0, 0.1) is 23.7 Å². The van der Waals surface area contributed by atoms with Crippen LogP contribution in [0.4, 0.5) is 0 Å². The van der Waals surface area contributed by atoms with Crippen LogP contribution in [-0.4, -0.2) is 19.9 Å². The van der Waals surface area contributed by atoms with E-state index in [1.807, 2.05) is 97.1 Å². The molecule has 174 valence electrons. The van der Waals surface area contributed by atoms with Gasteiger partial charge in [-0.1, -0.05) is 60.1 Å². The summed E-state index contributed by atoms with van der Waals surface area (Å²) in [7, 11) is 0. The second kappa shape index (κ2) is 9.13. The number of pyridine rings is 2. The number of hydrogen-bond acceptors (Lipinski definition) is 4. The predicted molar refractivity (Wildman–Crippen MR) is 152 cm³/mol. The monoisotopic (exact) mass is 482 g/mol. The van der Waals surface area contributed by atoms with Gasteiger partial charge in [-0.15, -0.1) is 0 Å². The molecule has 0 unspecified atom stereocenters. The Balaban J connectivity index is 1.57. The Kier molecular flexibility index (Phi) is 5.21. The van der Waals surface area contributed by atoms with Crippen LogP contribution in [0.25, 0.3) is 43.9 Å². The highest BCUT2D eigenvalue weighted by molar-refractivity contribution is 6.21. The zero-order chi connectivity index (χ0) is 25.3. The molecular weight excluding hydrogens is 464 g/mol. The van der Waals surface area contributed by atoms with E-state index in [4.69, 9.17) is 9.97 Å². The molecule has 7 aromatic rings. The minimum atomic E-state index is 0.717. The molecule has 0 aliphatic rings. The molecule has 0 amide bonds. The van der Waals surface area contributed by atoms with Crippen molar-refractivity contribution < 1.29 is 0 Å². The van der Waals surface area contributed by atoms with Gasteiger partial charge >= 0.3 is 0 Å². The molecule has 38 heavy (non-hydrogen) atoms. The number of benzene rings is 4. The van der Waals surface area contributed by atoms with Gasteiger partial charge in [-0.05, 0) is 60.7 Å². The SMILES string of the molecule is C(#Cc1ccc(C#Cc2ccccc2)c2nc3c4cccnc4c4ncccc4c3nc12)c1ccccc1. The molecule has 3 aromatic heterocycles. The predicted octanol–water partition coefficient (Wildman–Crippen LogP) is 6.68. The van der Waals surface area contributed by atoms with E-state index in [-0.39, 0.29) is 0 Å². The summed E-state index contributed by atoms with van der Waals surface area (Å²) in [4.78, 5) is 19.6. The van der Waals surface area contributed by atoms with E-state index in [2.05, 4.69) is 33.6 Å². The topological polar surface area (TPSA) is 51.6 Å². The van der Waals surface area contributed by atoms with Crippen molar-refractivity contribution in [3.63, 3.8) is 0 Å². The zero-order valence-electron chi connectivity index (χ0n) is 20.2. The molecule has 0 spiro atoms. The first-order valence-electron chi connectivity index (χ1n) is 12.3. The van der Waals surface area contributed by atoms with Crippen molar-refractivity contribution >= 4 is 43.9 Å². The molecule has 0 saturated heterocycles. The van der Waals surface area contributed by atoms with E-state index >= 15 is 0 Å². The highest BCUT2D eigenvalue weighted by Gasteiger charge is 2.16. The molecule has 7 rings (SSSR count). The van der Waals surface area contributed by atoms with Crippen molar-refractivity contribution in [2.75, 3.05) is 0 Å². The lowest BCUT2D eigenvalue weighted by Gasteiger charge is -2.10. The summed E-state index contributed by atoms with van der Waals surface area (Å²) in [6.07, 6.45) is 3.57. The van der Waals surface area contributed by atoms with Crippen LogP contribution in [0.3, 0.4) is 0 Å². The number of hydrogen-bond donors (Lipinski definition) is 0. The molecule has 0 fully saturated rings. The van der Waals surface area contributed by atoms with Crippen LogP contribution in [0.1, 0.15) is 22.3 Å². The molecule has 0 saturated carbocycles. The molecule has 4 aromatic carbocycles. The van der Waals surface area contributed by atoms with Crippen molar-refractivity contribution in [2.45, 2.75) is 0 Å². The lowest BCUT2D eigenvalue weighted by Crippen LogP contribution is -1.97. The van der Waals surface area contributed by atoms with E-state index in [9.17, 15) is 0 Å². The molecule has 0 aliphatic heterocycles. The summed E-state index contributed by atoms with van der Waals surface area (Å²) in [6.45, 7) is 0. The Morgan fingerprint density at radius 2 is 0.816 bits per heavy atom. The van der Waals surface area contributed by atoms with Crippen LogP contribution in [0.5, 0.6) is 0 Å². The van der Waals surface area contributed by atoms with E-state index in [0.29, 0.717) is 11.0 Å². The van der Waals surface area contributed by atoms with Gasteiger partial charge in [0.1, 0.15) is 11.0 Å². The van der Waals surface area contributed by atoms with Gasteiger partial charge in [0, 0.05) is 34.3 Å². The zero-order valence-corrected chi connectivity index (χ0v) is 20.2. The summed E-state index contributed by atoms with van der Waals surface area (Å²) < 4.78 is 0. The average molecular weight is 483 g/mol. The quantitative estimate of drug-likeness (QED) is 0.137. The summed E-state index contributed by atoms with van der Waals surface area (Å²) >= 11 is 0. The van der Waals surface area contributed by atoms with Gasteiger partial charge in [0.2, 0.25) is 0 Å². The molecule has 0 radical (unpaired) electrons. The number of aromatic nitrogens is 4. The minimum absolute atomic E-state index is 0.717. The third-order valence-electron chi connectivity index (χ3n) is 6.40. The van der Waals surface area contributed by atoms with Gasteiger partial charge in [0.05, 0.1) is 33.2 Å². The maximum Gasteiger partial charge on any atom is 0.106 e. The Labute approximate surface area is 219 Å². The fraction of sp³-hybridized carbons (Fsp3) is 0. The van der Waals surface area contributed by atoms with Crippen molar-refractivity contribution in [3.05, 3.63) is 132 Å². The van der Waals surface area contributed by atoms with E-state index in [1.165, 1.54) is 0 Å². The fourth-order valence-corrected chi connectivity index (χ4v) is 4.60. The van der Waals surface area contributed by atoms with Crippen LogP contribution in [0.15, 0.2) is 109 Å². The first kappa shape index (κ1) is 21.7. The molecule has 0 aliphatic carbocycles. The Morgan fingerprint density at radius 3 is 1.26 bits per heavy atom. The van der Waals surface area contributed by atoms with Crippen LogP contribution in [-0.2, 0) is 0 Å². The smallest absolute Gasteiger partial charge is 0.106 e. The van der Waals surface area contributed by atoms with Crippen LogP contribution < -0.4 is 0 Å². The maximum absolute atomic E-state index is 5.18. The summed E-state index contributed by atoms with van der Waals surface area (Å²) in [5.41, 5.74) is 8.07. The maximum atomic E-state index is 5.18. The third-order valence-corrected chi connectivity index (χ3v) is 6.40. The van der Waals surface area contributed by atoms with E-state index < -0.39 is 0 Å². The minimum Gasteiger partial charge on any atom is -0.254 e. The van der Waals surface area contributed by atoms with Gasteiger partial charge in [0.15, 0.2) is 0 Å². The molecule has 0 atom stereocenters. The molecule has 4 heteroatoms. The Morgan fingerprint density at radius 1 is 0.368 bits per heavy atom. The summed E-state index contributed by atoms with van der Waals surface area (Å²) in [6, 6.07) is 31.7. The van der Waals surface area contributed by atoms with Gasteiger partial charge in [-0.2, -0.15) is 0 Å². The normalized spacial score (nSPS) is 10.7. The molecule has 0 bridgehead atoms. The summed E-state index contributed by atoms with van der Waals surface area (Å²) in [5.74, 6) is 13.2. The van der Waals surface area contributed by atoms with Gasteiger partial charge in [-0.3, -0.25) is 9.97 Å². The van der Waals surface area contributed by atoms with Gasteiger partial charge < -0.3 is 0 Å². The van der Waals surface area contributed by atoms with Crippen molar-refractivity contribution in [1.29, 1.82) is 0 Å². The van der Waals surface area contributed by atoms with E-state index in [1.54, 1.807) is 12.4 Å². The first-order chi connectivity index (χ1) is 18.8. The Bertz CT molecular complexity index is 1970. The number of nitrogens with zero attached hydrogens (tertiary/aromatic N) is 4. The highest BCUT2D eigenvalue weighted by Crippen LogP contribution is 2.33. The van der Waals surface area contributed by atoms with Crippen molar-refractivity contribution in [1.82, 2.24) is 19.9 Å². The van der Waals surface area contributed by atoms with E-state index in [0.717, 1.165) is 55.1 Å². The van der Waals surface area contributed by atoms with Crippen molar-refractivity contribution in [2.24, 2.45) is 0 Å². The largest absolute Gasteiger partial charge is 0.254 e. The number of fused-ring (bicyclic) bond motifs is 7. The molecular formula is C34H18N4. The van der Waals surface area contributed by atoms with Gasteiger partial charge in [0.25, 0.3) is 0 Å². The lowest BCUT2D eigenvalue weighted by molar-refractivity contribution is 1.35.